The third-order valence-electron chi connectivity index (χ3n) is 8.46. The summed E-state index contributed by atoms with van der Waals surface area (Å²) in [6.07, 6.45) is -0.417. The first kappa shape index (κ1) is 26.7. The van der Waals surface area contributed by atoms with Gasteiger partial charge in [-0.1, -0.05) is 32.0 Å². The van der Waals surface area contributed by atoms with Gasteiger partial charge in [0.05, 0.1) is 30.3 Å². The number of aliphatic hydroxyl groups excluding tert-OH is 1. The van der Waals surface area contributed by atoms with Crippen LogP contribution in [-0.4, -0.2) is 88.3 Å². The predicted octanol–water partition coefficient (Wildman–Crippen LogP) is -0.415. The van der Waals surface area contributed by atoms with Crippen molar-refractivity contribution in [2.45, 2.75) is 55.6 Å². The molecule has 1 aromatic heterocycles. The number of halogens is 1. The summed E-state index contributed by atoms with van der Waals surface area (Å²) in [5, 5.41) is 43.3. The molecule has 5 atom stereocenters. The van der Waals surface area contributed by atoms with E-state index in [1.165, 1.54) is 12.1 Å². The van der Waals surface area contributed by atoms with Gasteiger partial charge < -0.3 is 41.3 Å². The van der Waals surface area contributed by atoms with Crippen LogP contribution in [0.5, 0.6) is 5.75 Å². The number of ether oxygens (including phenoxy) is 1. The van der Waals surface area contributed by atoms with E-state index >= 15 is 0 Å². The van der Waals surface area contributed by atoms with Gasteiger partial charge in [-0.05, 0) is 30.0 Å². The Morgan fingerprint density at radius 3 is 2.76 bits per heavy atom. The third-order valence-corrected chi connectivity index (χ3v) is 8.46. The van der Waals surface area contributed by atoms with Crippen molar-refractivity contribution in [3.8, 4) is 5.75 Å². The molecule has 4 aliphatic rings. The predicted molar refractivity (Wildman–Crippen MR) is 145 cm³/mol. The Morgan fingerprint density at radius 2 is 1.98 bits per heavy atom. The SMILES string of the molecule is CC1(C)CCOc2c(C(=O)NC3CN4C(=N)N[C@@H](CNC(=O)c5cccc(F)n5)C5NC(=N)NC54[C@@H]3O)cccc21. The molecular weight excluding hydrogens is 533 g/mol. The van der Waals surface area contributed by atoms with E-state index in [0.717, 1.165) is 18.1 Å². The fraction of sp³-hybridized carbons (Fsp3) is 0.444. The maximum absolute atomic E-state index is 13.5. The van der Waals surface area contributed by atoms with Gasteiger partial charge in [-0.3, -0.25) is 20.4 Å². The highest BCUT2D eigenvalue weighted by Crippen LogP contribution is 2.41. The van der Waals surface area contributed by atoms with Crippen LogP contribution in [0, 0.1) is 16.8 Å². The van der Waals surface area contributed by atoms with Crippen molar-refractivity contribution in [1.82, 2.24) is 36.5 Å². The lowest BCUT2D eigenvalue weighted by atomic mass is 9.79. The maximum atomic E-state index is 13.5. The zero-order valence-corrected chi connectivity index (χ0v) is 22.5. The summed E-state index contributed by atoms with van der Waals surface area (Å²) in [7, 11) is 0. The van der Waals surface area contributed by atoms with Crippen molar-refractivity contribution in [1.29, 1.82) is 10.8 Å². The van der Waals surface area contributed by atoms with E-state index in [4.69, 9.17) is 15.6 Å². The number of hydrogen-bond donors (Lipinski definition) is 8. The molecule has 0 saturated carbocycles. The van der Waals surface area contributed by atoms with Crippen molar-refractivity contribution in [2.24, 2.45) is 0 Å². The van der Waals surface area contributed by atoms with Gasteiger partial charge in [0.2, 0.25) is 5.95 Å². The normalized spacial score (nSPS) is 29.1. The van der Waals surface area contributed by atoms with E-state index in [-0.39, 0.29) is 36.1 Å². The van der Waals surface area contributed by atoms with Crippen LogP contribution in [-0.2, 0) is 5.41 Å². The lowest BCUT2D eigenvalue weighted by molar-refractivity contribution is 0.00611. The number of aliphatic hydroxyl groups is 1. The van der Waals surface area contributed by atoms with Crippen LogP contribution < -0.4 is 31.3 Å². The zero-order chi connectivity index (χ0) is 29.1. The van der Waals surface area contributed by atoms with Gasteiger partial charge in [-0.25, -0.2) is 4.98 Å². The first-order valence-electron chi connectivity index (χ1n) is 13.4. The molecule has 1 aromatic carbocycles. The molecule has 3 saturated heterocycles. The van der Waals surface area contributed by atoms with E-state index in [1.807, 2.05) is 12.1 Å². The average Bonchev–Trinajstić information content (AvgIpc) is 3.43. The number of benzene rings is 1. The maximum Gasteiger partial charge on any atom is 0.270 e. The molecule has 6 rings (SSSR count). The second-order valence-corrected chi connectivity index (χ2v) is 11.4. The minimum atomic E-state index is -1.35. The third kappa shape index (κ3) is 4.29. The first-order chi connectivity index (χ1) is 19.5. The number of carbonyl (C=O) groups is 2. The summed E-state index contributed by atoms with van der Waals surface area (Å²) in [6.45, 7) is 4.77. The highest BCUT2D eigenvalue weighted by Gasteiger charge is 2.66. The first-order valence-corrected chi connectivity index (χ1v) is 13.4. The molecule has 5 heterocycles. The number of rotatable bonds is 5. The fourth-order valence-corrected chi connectivity index (χ4v) is 6.32. The van der Waals surface area contributed by atoms with Crippen molar-refractivity contribution >= 4 is 23.7 Å². The van der Waals surface area contributed by atoms with Gasteiger partial charge in [0.25, 0.3) is 11.8 Å². The number of pyridine rings is 1. The van der Waals surface area contributed by atoms with E-state index in [9.17, 15) is 19.1 Å². The molecule has 41 heavy (non-hydrogen) atoms. The van der Waals surface area contributed by atoms with E-state index in [2.05, 4.69) is 45.4 Å². The molecule has 2 aromatic rings. The van der Waals surface area contributed by atoms with Crippen LogP contribution in [0.3, 0.4) is 0 Å². The van der Waals surface area contributed by atoms with E-state index < -0.39 is 47.7 Å². The number of para-hydroxylation sites is 1. The van der Waals surface area contributed by atoms with E-state index in [1.54, 1.807) is 11.0 Å². The van der Waals surface area contributed by atoms with Crippen LogP contribution in [0.1, 0.15) is 46.7 Å². The molecule has 8 N–H and O–H groups in total. The number of nitrogens with zero attached hydrogens (tertiary/aromatic N) is 2. The highest BCUT2D eigenvalue weighted by molar-refractivity contribution is 5.98. The number of carbonyl (C=O) groups excluding carboxylic acids is 2. The minimum Gasteiger partial charge on any atom is -0.492 e. The number of nitrogens with one attached hydrogen (secondary N) is 7. The van der Waals surface area contributed by atoms with Crippen LogP contribution in [0.4, 0.5) is 4.39 Å². The molecule has 14 heteroatoms. The number of hydrogen-bond acceptors (Lipinski definition) is 7. The van der Waals surface area contributed by atoms with Gasteiger partial charge >= 0.3 is 0 Å². The van der Waals surface area contributed by atoms with Gasteiger partial charge in [-0.2, -0.15) is 4.39 Å². The summed E-state index contributed by atoms with van der Waals surface area (Å²) in [4.78, 5) is 31.3. The lowest BCUT2D eigenvalue weighted by Crippen LogP contribution is -2.78. The second kappa shape index (κ2) is 9.58. The molecule has 0 bridgehead atoms. The van der Waals surface area contributed by atoms with Crippen LogP contribution >= 0.6 is 0 Å². The Hall–Kier alpha value is -4.46. The van der Waals surface area contributed by atoms with Crippen LogP contribution in [0.15, 0.2) is 36.4 Å². The van der Waals surface area contributed by atoms with Gasteiger partial charge in [0.1, 0.15) is 17.5 Å². The van der Waals surface area contributed by atoms with Gasteiger partial charge in [-0.15, -0.1) is 0 Å². The van der Waals surface area contributed by atoms with Crippen molar-refractivity contribution < 1.29 is 23.8 Å². The Kier molecular flexibility index (Phi) is 6.25. The number of aromatic nitrogens is 1. The zero-order valence-electron chi connectivity index (χ0n) is 22.5. The largest absolute Gasteiger partial charge is 0.492 e. The Labute approximate surface area is 235 Å². The Morgan fingerprint density at radius 1 is 1.20 bits per heavy atom. The molecule has 4 aliphatic heterocycles. The lowest BCUT2D eigenvalue weighted by Gasteiger charge is -2.49. The quantitative estimate of drug-likeness (QED) is 0.223. The smallest absolute Gasteiger partial charge is 0.270 e. The Bertz CT molecular complexity index is 1450. The molecule has 216 valence electrons. The molecule has 1 spiro atoms. The summed E-state index contributed by atoms with van der Waals surface area (Å²) in [5.74, 6) is -1.39. The molecule has 3 unspecified atom stereocenters. The monoisotopic (exact) mass is 565 g/mol. The molecule has 0 radical (unpaired) electrons. The molecular formula is C27H32FN9O4. The summed E-state index contributed by atoms with van der Waals surface area (Å²) < 4.78 is 19.4. The fourth-order valence-electron chi connectivity index (χ4n) is 6.32. The topological polar surface area (TPSA) is 188 Å². The summed E-state index contributed by atoms with van der Waals surface area (Å²) >= 11 is 0. The van der Waals surface area contributed by atoms with Crippen molar-refractivity contribution in [3.63, 3.8) is 0 Å². The second-order valence-electron chi connectivity index (χ2n) is 11.4. The average molecular weight is 566 g/mol. The van der Waals surface area contributed by atoms with Crippen molar-refractivity contribution in [2.75, 3.05) is 19.7 Å². The van der Waals surface area contributed by atoms with Crippen LogP contribution in [0.2, 0.25) is 0 Å². The Balaban J connectivity index is 1.22. The summed E-state index contributed by atoms with van der Waals surface area (Å²) in [6, 6.07) is 7.22. The van der Waals surface area contributed by atoms with Gasteiger partial charge in [0, 0.05) is 18.7 Å². The number of amides is 2. The molecule has 0 aliphatic carbocycles. The number of guanidine groups is 2. The van der Waals surface area contributed by atoms with Crippen molar-refractivity contribution in [3.05, 3.63) is 59.2 Å². The summed E-state index contributed by atoms with van der Waals surface area (Å²) in [5.41, 5.74) is -0.292. The molecule has 13 nitrogen and oxygen atoms in total. The number of fused-ring (bicyclic) bond motifs is 1. The highest BCUT2D eigenvalue weighted by atomic mass is 19.1. The molecule has 2 amide bonds. The molecule has 3 fully saturated rings. The standard InChI is InChI=1S/C27H32FN9O4/c1-26(2)9-10-41-19-13(5-3-6-14(19)26)22(39)33-17-12-37-25(30)34-16(20-27(37,21(17)38)36-24(29)35-20)11-31-23(40)15-7-4-8-18(28)32-15/h3-8,16-17,20-21,38H,9-12H2,1-2H3,(H2,30,34)(H,31,40)(H,33,39)(H3,29,35,36)/t16-,17?,20?,21+,27?/m0/s1. The van der Waals surface area contributed by atoms with Crippen LogP contribution in [0.25, 0.3) is 0 Å². The van der Waals surface area contributed by atoms with E-state index in [0.29, 0.717) is 17.9 Å². The van der Waals surface area contributed by atoms with Gasteiger partial charge in [0.15, 0.2) is 17.6 Å². The minimum absolute atomic E-state index is 0.0192.